The van der Waals surface area contributed by atoms with Crippen molar-refractivity contribution in [1.82, 2.24) is 29.7 Å². The Hall–Kier alpha value is -4.05. The molecule has 1 aliphatic rings. The summed E-state index contributed by atoms with van der Waals surface area (Å²) in [5.74, 6) is -0.886. The largest absolute Gasteiger partial charge is 0.354 e. The molecule has 202 valence electrons. The van der Waals surface area contributed by atoms with Crippen LogP contribution in [0.4, 0.5) is 4.39 Å². The first-order valence-electron chi connectivity index (χ1n) is 12.8. The lowest BCUT2D eigenvalue weighted by Crippen LogP contribution is -2.39. The summed E-state index contributed by atoms with van der Waals surface area (Å²) in [5, 5.41) is 6.00. The number of para-hydroxylation sites is 1. The molecule has 2 amide bonds. The highest BCUT2D eigenvalue weighted by Crippen LogP contribution is 2.28. The lowest BCUT2D eigenvalue weighted by Gasteiger charge is -2.29. The van der Waals surface area contributed by atoms with Crippen LogP contribution in [0.15, 0.2) is 53.6 Å². The Morgan fingerprint density at radius 2 is 1.85 bits per heavy atom. The molecule has 3 aromatic heterocycles. The molecule has 9 nitrogen and oxygen atoms in total. The van der Waals surface area contributed by atoms with E-state index in [9.17, 15) is 14.4 Å². The number of benzene rings is 1. The maximum absolute atomic E-state index is 15.0. The number of fused-ring (bicyclic) bond motifs is 1. The van der Waals surface area contributed by atoms with Crippen LogP contribution in [0.3, 0.4) is 0 Å². The standard InChI is InChI=1S/C28H28ClFN6O3/c1-16-21(12-18(29)13-32-16)26(37)34-19-8-6-17(7-9-19)15-35-24-5-3-4-22(30)25(24)36(28(35)39)20-10-11-23(33-14-20)27(38)31-2/h3-5,10-14,17,19H,6-9,15H2,1-2H3,(H,31,38)(H,34,37). The average Bonchev–Trinajstić information content (AvgIpc) is 3.22. The zero-order chi connectivity index (χ0) is 27.7. The monoisotopic (exact) mass is 550 g/mol. The van der Waals surface area contributed by atoms with Crippen LogP contribution in [0.2, 0.25) is 5.02 Å². The first-order valence-corrected chi connectivity index (χ1v) is 13.2. The third-order valence-corrected chi connectivity index (χ3v) is 7.50. The highest BCUT2D eigenvalue weighted by Gasteiger charge is 2.26. The fraction of sp³-hybridized carbons (Fsp3) is 0.321. The van der Waals surface area contributed by atoms with Gasteiger partial charge in [-0.15, -0.1) is 0 Å². The van der Waals surface area contributed by atoms with Crippen LogP contribution in [0.1, 0.15) is 52.2 Å². The minimum Gasteiger partial charge on any atom is -0.354 e. The first-order chi connectivity index (χ1) is 18.8. The number of amides is 2. The molecule has 0 atom stereocenters. The van der Waals surface area contributed by atoms with E-state index >= 15 is 4.39 Å². The number of rotatable bonds is 6. The molecule has 0 bridgehead atoms. The zero-order valence-electron chi connectivity index (χ0n) is 21.6. The molecule has 0 saturated heterocycles. The molecule has 1 aromatic carbocycles. The number of nitrogens with zero attached hydrogens (tertiary/aromatic N) is 4. The summed E-state index contributed by atoms with van der Waals surface area (Å²) in [5.41, 5.74) is 1.95. The molecular formula is C28H28ClFN6O3. The smallest absolute Gasteiger partial charge is 0.333 e. The van der Waals surface area contributed by atoms with E-state index in [1.54, 1.807) is 35.8 Å². The number of pyridine rings is 2. The van der Waals surface area contributed by atoms with Crippen LogP contribution in [-0.2, 0) is 6.54 Å². The molecule has 1 fully saturated rings. The number of carbonyl (C=O) groups excluding carboxylic acids is 2. The van der Waals surface area contributed by atoms with Crippen LogP contribution < -0.4 is 16.3 Å². The van der Waals surface area contributed by atoms with Gasteiger partial charge in [-0.2, -0.15) is 0 Å². The first kappa shape index (κ1) is 26.6. The van der Waals surface area contributed by atoms with Crippen LogP contribution in [0.25, 0.3) is 16.7 Å². The number of halogens is 2. The molecule has 11 heteroatoms. The average molecular weight is 551 g/mol. The summed E-state index contributed by atoms with van der Waals surface area (Å²) in [4.78, 5) is 46.5. The van der Waals surface area contributed by atoms with E-state index in [2.05, 4.69) is 20.6 Å². The van der Waals surface area contributed by atoms with Gasteiger partial charge in [-0.1, -0.05) is 17.7 Å². The molecule has 1 aliphatic carbocycles. The maximum atomic E-state index is 15.0. The third-order valence-electron chi connectivity index (χ3n) is 7.29. The lowest BCUT2D eigenvalue weighted by atomic mass is 9.85. The molecule has 0 radical (unpaired) electrons. The zero-order valence-corrected chi connectivity index (χ0v) is 22.3. The van der Waals surface area contributed by atoms with E-state index in [0.29, 0.717) is 34.0 Å². The predicted molar refractivity (Wildman–Crippen MR) is 146 cm³/mol. The van der Waals surface area contributed by atoms with Gasteiger partial charge in [-0.05, 0) is 68.9 Å². The van der Waals surface area contributed by atoms with Crippen molar-refractivity contribution >= 4 is 34.4 Å². The Kier molecular flexibility index (Phi) is 7.47. The van der Waals surface area contributed by atoms with Crippen molar-refractivity contribution in [3.8, 4) is 5.69 Å². The Morgan fingerprint density at radius 3 is 2.54 bits per heavy atom. The van der Waals surface area contributed by atoms with Gasteiger partial charge >= 0.3 is 5.69 Å². The van der Waals surface area contributed by atoms with Crippen molar-refractivity contribution in [2.24, 2.45) is 5.92 Å². The predicted octanol–water partition coefficient (Wildman–Crippen LogP) is 4.03. The number of hydrogen-bond donors (Lipinski definition) is 2. The lowest BCUT2D eigenvalue weighted by molar-refractivity contribution is 0.0917. The Labute approximate surface area is 229 Å². The summed E-state index contributed by atoms with van der Waals surface area (Å²) in [6, 6.07) is 9.35. The van der Waals surface area contributed by atoms with Crippen LogP contribution in [-0.4, -0.2) is 44.0 Å². The van der Waals surface area contributed by atoms with Crippen molar-refractivity contribution in [1.29, 1.82) is 0 Å². The number of aromatic nitrogens is 4. The molecule has 4 aromatic rings. The molecule has 1 saturated carbocycles. The SMILES string of the molecule is CNC(=O)c1ccc(-n2c(=O)n(CC3CCC(NC(=O)c4cc(Cl)cnc4C)CC3)c3cccc(F)c32)cn1. The minimum atomic E-state index is -0.518. The second-order valence-electron chi connectivity index (χ2n) is 9.79. The highest BCUT2D eigenvalue weighted by molar-refractivity contribution is 6.30. The van der Waals surface area contributed by atoms with E-state index in [-0.39, 0.29) is 40.7 Å². The Balaban J connectivity index is 1.34. The van der Waals surface area contributed by atoms with E-state index in [4.69, 9.17) is 11.6 Å². The van der Waals surface area contributed by atoms with Crippen LogP contribution in [0.5, 0.6) is 0 Å². The number of hydrogen-bond acceptors (Lipinski definition) is 5. The van der Waals surface area contributed by atoms with Crippen molar-refractivity contribution in [3.63, 3.8) is 0 Å². The van der Waals surface area contributed by atoms with E-state index in [1.807, 2.05) is 0 Å². The van der Waals surface area contributed by atoms with Crippen molar-refractivity contribution in [2.45, 2.75) is 45.2 Å². The number of imidazole rings is 1. The summed E-state index contributed by atoms with van der Waals surface area (Å²) < 4.78 is 17.9. The van der Waals surface area contributed by atoms with Crippen molar-refractivity contribution < 1.29 is 14.0 Å². The number of aryl methyl sites for hydroxylation is 1. The fourth-order valence-corrected chi connectivity index (χ4v) is 5.37. The molecule has 0 unspecified atom stereocenters. The van der Waals surface area contributed by atoms with Gasteiger partial charge < -0.3 is 10.6 Å². The number of carbonyl (C=O) groups is 2. The quantitative estimate of drug-likeness (QED) is 0.376. The van der Waals surface area contributed by atoms with Crippen LogP contribution in [0, 0.1) is 18.7 Å². The van der Waals surface area contributed by atoms with Gasteiger partial charge in [0.15, 0.2) is 0 Å². The summed E-state index contributed by atoms with van der Waals surface area (Å²) in [6.07, 6.45) is 6.03. The molecule has 5 rings (SSSR count). The van der Waals surface area contributed by atoms with E-state index < -0.39 is 5.82 Å². The second-order valence-corrected chi connectivity index (χ2v) is 10.2. The summed E-state index contributed by atoms with van der Waals surface area (Å²) in [7, 11) is 1.50. The Bertz CT molecular complexity index is 1610. The van der Waals surface area contributed by atoms with Gasteiger partial charge in [-0.25, -0.2) is 14.2 Å². The van der Waals surface area contributed by atoms with E-state index in [1.165, 1.54) is 36.1 Å². The molecule has 39 heavy (non-hydrogen) atoms. The van der Waals surface area contributed by atoms with Gasteiger partial charge in [0.25, 0.3) is 11.8 Å². The summed E-state index contributed by atoms with van der Waals surface area (Å²) >= 11 is 6.01. The minimum absolute atomic E-state index is 0.00699. The molecule has 3 heterocycles. The van der Waals surface area contributed by atoms with Crippen molar-refractivity contribution in [3.05, 3.63) is 87.1 Å². The normalized spacial score (nSPS) is 17.2. The number of nitrogens with one attached hydrogen (secondary N) is 2. The molecule has 0 spiro atoms. The molecule has 0 aliphatic heterocycles. The van der Waals surface area contributed by atoms with E-state index in [0.717, 1.165) is 25.7 Å². The van der Waals surface area contributed by atoms with Gasteiger partial charge in [0.05, 0.1) is 33.7 Å². The molecular weight excluding hydrogens is 523 g/mol. The topological polar surface area (TPSA) is 111 Å². The van der Waals surface area contributed by atoms with Gasteiger partial charge in [-0.3, -0.25) is 23.7 Å². The third kappa shape index (κ3) is 5.29. The molecule has 2 N–H and O–H groups in total. The van der Waals surface area contributed by atoms with Gasteiger partial charge in [0.1, 0.15) is 17.0 Å². The van der Waals surface area contributed by atoms with Crippen molar-refractivity contribution in [2.75, 3.05) is 7.05 Å². The van der Waals surface area contributed by atoms with Gasteiger partial charge in [0, 0.05) is 25.8 Å². The maximum Gasteiger partial charge on any atom is 0.333 e. The van der Waals surface area contributed by atoms with Crippen LogP contribution >= 0.6 is 11.6 Å². The fourth-order valence-electron chi connectivity index (χ4n) is 5.21. The van der Waals surface area contributed by atoms with Gasteiger partial charge in [0.2, 0.25) is 0 Å². The summed E-state index contributed by atoms with van der Waals surface area (Å²) in [6.45, 7) is 2.19. The Morgan fingerprint density at radius 1 is 1.08 bits per heavy atom. The second kappa shape index (κ2) is 11.0. The highest BCUT2D eigenvalue weighted by atomic mass is 35.5.